The molecule has 0 amide bonds. The van der Waals surface area contributed by atoms with E-state index < -0.39 is 10.0 Å². The number of piperidine rings is 2. The second kappa shape index (κ2) is 7.86. The predicted octanol–water partition coefficient (Wildman–Crippen LogP) is 1.80. The lowest BCUT2D eigenvalue weighted by Gasteiger charge is -2.32. The molecule has 1 unspecified atom stereocenters. The molecule has 25 heavy (non-hydrogen) atoms. The Morgan fingerprint density at radius 3 is 2.64 bits per heavy atom. The first-order valence-electron chi connectivity index (χ1n) is 9.18. The Labute approximate surface area is 150 Å². The van der Waals surface area contributed by atoms with Crippen LogP contribution in [-0.2, 0) is 10.0 Å². The van der Waals surface area contributed by atoms with Crippen LogP contribution in [0, 0.1) is 11.8 Å². The van der Waals surface area contributed by atoms with Crippen LogP contribution in [0.15, 0.2) is 12.4 Å². The number of sulfonamides is 1. The van der Waals surface area contributed by atoms with Crippen molar-refractivity contribution in [2.24, 2.45) is 11.8 Å². The highest BCUT2D eigenvalue weighted by Crippen LogP contribution is 2.23. The van der Waals surface area contributed by atoms with Crippen LogP contribution in [0.4, 0.5) is 11.6 Å². The zero-order chi connectivity index (χ0) is 17.9. The summed E-state index contributed by atoms with van der Waals surface area (Å²) < 4.78 is 24.7. The van der Waals surface area contributed by atoms with Gasteiger partial charge in [-0.1, -0.05) is 6.92 Å². The quantitative estimate of drug-likeness (QED) is 0.855. The molecule has 2 aliphatic rings. The molecule has 3 heterocycles. The van der Waals surface area contributed by atoms with Gasteiger partial charge in [0.15, 0.2) is 0 Å². The lowest BCUT2D eigenvalue weighted by atomic mass is 9.98. The van der Waals surface area contributed by atoms with Crippen LogP contribution < -0.4 is 10.2 Å². The number of aromatic nitrogens is 2. The molecule has 0 aliphatic carbocycles. The molecular formula is C17H29N5O2S. The molecule has 0 radical (unpaired) electrons. The lowest BCUT2D eigenvalue weighted by molar-refractivity contribution is 0.283. The third-order valence-corrected chi connectivity index (χ3v) is 6.55. The van der Waals surface area contributed by atoms with E-state index in [1.165, 1.54) is 19.1 Å². The molecule has 2 saturated heterocycles. The van der Waals surface area contributed by atoms with Crippen molar-refractivity contribution >= 4 is 21.7 Å². The number of nitrogens with zero attached hydrogens (tertiary/aromatic N) is 4. The van der Waals surface area contributed by atoms with Gasteiger partial charge in [-0.05, 0) is 37.5 Å². The Balaban J connectivity index is 1.51. The van der Waals surface area contributed by atoms with Crippen molar-refractivity contribution in [2.45, 2.75) is 32.6 Å². The van der Waals surface area contributed by atoms with Crippen LogP contribution in [0.3, 0.4) is 0 Å². The topological polar surface area (TPSA) is 78.4 Å². The van der Waals surface area contributed by atoms with Gasteiger partial charge in [-0.15, -0.1) is 0 Å². The normalized spacial score (nSPS) is 23.6. The molecule has 1 N–H and O–H groups in total. The number of anilines is 2. The smallest absolute Gasteiger partial charge is 0.211 e. The Morgan fingerprint density at radius 2 is 1.96 bits per heavy atom. The van der Waals surface area contributed by atoms with Gasteiger partial charge in [0.2, 0.25) is 10.0 Å². The highest BCUT2D eigenvalue weighted by atomic mass is 32.2. The van der Waals surface area contributed by atoms with E-state index in [9.17, 15) is 8.42 Å². The van der Waals surface area contributed by atoms with Crippen LogP contribution in [-0.4, -0.2) is 61.7 Å². The summed E-state index contributed by atoms with van der Waals surface area (Å²) in [5, 5.41) is 3.41. The van der Waals surface area contributed by atoms with Crippen molar-refractivity contribution in [1.29, 1.82) is 0 Å². The van der Waals surface area contributed by atoms with Crippen molar-refractivity contribution in [3.05, 3.63) is 12.4 Å². The molecule has 1 atom stereocenters. The summed E-state index contributed by atoms with van der Waals surface area (Å²) in [5.41, 5.74) is 0. The van der Waals surface area contributed by atoms with E-state index in [4.69, 9.17) is 0 Å². The Kier molecular flexibility index (Phi) is 5.78. The monoisotopic (exact) mass is 367 g/mol. The maximum atomic E-state index is 11.6. The van der Waals surface area contributed by atoms with E-state index in [1.807, 2.05) is 6.07 Å². The molecule has 7 nitrogen and oxygen atoms in total. The summed E-state index contributed by atoms with van der Waals surface area (Å²) in [6.07, 6.45) is 7.20. The summed E-state index contributed by atoms with van der Waals surface area (Å²) >= 11 is 0. The predicted molar refractivity (Wildman–Crippen MR) is 100 cm³/mol. The molecule has 140 valence electrons. The minimum absolute atomic E-state index is 0.478. The summed E-state index contributed by atoms with van der Waals surface area (Å²) in [6, 6.07) is 2.03. The van der Waals surface area contributed by atoms with E-state index in [-0.39, 0.29) is 0 Å². The van der Waals surface area contributed by atoms with E-state index in [0.717, 1.165) is 44.1 Å². The standard InChI is InChI=1S/C17H29N5O2S/c1-14-4-3-7-21(12-14)17-10-16(19-13-20-17)18-11-15-5-8-22(9-6-15)25(2,23)24/h10,13-15H,3-9,11-12H2,1-2H3,(H,18,19,20). The first-order chi connectivity index (χ1) is 11.9. The SMILES string of the molecule is CC1CCCN(c2cc(NCC3CCN(S(C)(=O)=O)CC3)ncn2)C1. The van der Waals surface area contributed by atoms with E-state index in [1.54, 1.807) is 10.6 Å². The highest BCUT2D eigenvalue weighted by molar-refractivity contribution is 7.88. The number of hydrogen-bond donors (Lipinski definition) is 1. The Hall–Kier alpha value is -1.41. The fourth-order valence-electron chi connectivity index (χ4n) is 3.71. The fraction of sp³-hybridized carbons (Fsp3) is 0.765. The third-order valence-electron chi connectivity index (χ3n) is 5.25. The van der Waals surface area contributed by atoms with Gasteiger partial charge >= 0.3 is 0 Å². The van der Waals surface area contributed by atoms with Crippen molar-refractivity contribution in [2.75, 3.05) is 49.2 Å². The molecule has 2 aliphatic heterocycles. The average Bonchev–Trinajstić information content (AvgIpc) is 2.60. The largest absolute Gasteiger partial charge is 0.370 e. The van der Waals surface area contributed by atoms with Crippen molar-refractivity contribution < 1.29 is 8.42 Å². The van der Waals surface area contributed by atoms with Gasteiger partial charge in [-0.3, -0.25) is 0 Å². The second-order valence-electron chi connectivity index (χ2n) is 7.44. The Morgan fingerprint density at radius 1 is 1.20 bits per heavy atom. The maximum absolute atomic E-state index is 11.6. The fourth-order valence-corrected chi connectivity index (χ4v) is 4.58. The maximum Gasteiger partial charge on any atom is 0.211 e. The zero-order valence-electron chi connectivity index (χ0n) is 15.2. The van der Waals surface area contributed by atoms with E-state index in [0.29, 0.717) is 24.9 Å². The van der Waals surface area contributed by atoms with Gasteiger partial charge in [-0.2, -0.15) is 0 Å². The van der Waals surface area contributed by atoms with E-state index in [2.05, 4.69) is 27.1 Å². The van der Waals surface area contributed by atoms with Gasteiger partial charge in [0.25, 0.3) is 0 Å². The summed E-state index contributed by atoms with van der Waals surface area (Å²) in [5.74, 6) is 3.04. The number of rotatable bonds is 5. The summed E-state index contributed by atoms with van der Waals surface area (Å²) in [4.78, 5) is 11.1. The van der Waals surface area contributed by atoms with Crippen molar-refractivity contribution in [1.82, 2.24) is 14.3 Å². The summed E-state index contributed by atoms with van der Waals surface area (Å²) in [6.45, 7) is 6.46. The van der Waals surface area contributed by atoms with Crippen LogP contribution in [0.2, 0.25) is 0 Å². The minimum atomic E-state index is -3.05. The first-order valence-corrected chi connectivity index (χ1v) is 11.0. The molecule has 0 saturated carbocycles. The second-order valence-corrected chi connectivity index (χ2v) is 9.42. The average molecular weight is 368 g/mol. The van der Waals surface area contributed by atoms with Gasteiger partial charge in [0, 0.05) is 38.8 Å². The highest BCUT2D eigenvalue weighted by Gasteiger charge is 2.25. The van der Waals surface area contributed by atoms with Gasteiger partial charge < -0.3 is 10.2 Å². The van der Waals surface area contributed by atoms with Gasteiger partial charge in [-0.25, -0.2) is 22.7 Å². The molecule has 0 aromatic carbocycles. The number of hydrogen-bond acceptors (Lipinski definition) is 6. The van der Waals surface area contributed by atoms with Gasteiger partial charge in [0.05, 0.1) is 6.26 Å². The first kappa shape index (κ1) is 18.4. The minimum Gasteiger partial charge on any atom is -0.370 e. The Bertz CT molecular complexity index is 673. The van der Waals surface area contributed by atoms with E-state index >= 15 is 0 Å². The van der Waals surface area contributed by atoms with Crippen LogP contribution in [0.25, 0.3) is 0 Å². The van der Waals surface area contributed by atoms with Gasteiger partial charge in [0.1, 0.15) is 18.0 Å². The molecule has 3 rings (SSSR count). The van der Waals surface area contributed by atoms with Crippen molar-refractivity contribution in [3.63, 3.8) is 0 Å². The molecular weight excluding hydrogens is 338 g/mol. The molecule has 1 aromatic heterocycles. The van der Waals surface area contributed by atoms with Crippen LogP contribution in [0.5, 0.6) is 0 Å². The third kappa shape index (κ3) is 5.04. The zero-order valence-corrected chi connectivity index (χ0v) is 16.0. The lowest BCUT2D eigenvalue weighted by Crippen LogP contribution is -2.39. The molecule has 2 fully saturated rings. The number of nitrogens with one attached hydrogen (secondary N) is 1. The molecule has 0 spiro atoms. The molecule has 1 aromatic rings. The van der Waals surface area contributed by atoms with Crippen LogP contribution >= 0.6 is 0 Å². The van der Waals surface area contributed by atoms with Crippen molar-refractivity contribution in [3.8, 4) is 0 Å². The summed E-state index contributed by atoms with van der Waals surface area (Å²) in [7, 11) is -3.05. The van der Waals surface area contributed by atoms with Crippen LogP contribution in [0.1, 0.15) is 32.6 Å². The molecule has 8 heteroatoms. The molecule has 0 bridgehead atoms.